The molecule has 0 spiro atoms. The van der Waals surface area contributed by atoms with Crippen molar-refractivity contribution in [2.45, 2.75) is 44.0 Å². The third-order valence-electron chi connectivity index (χ3n) is 5.11. The van der Waals surface area contributed by atoms with Crippen molar-refractivity contribution < 1.29 is 17.9 Å². The molecule has 1 fully saturated rings. The van der Waals surface area contributed by atoms with Gasteiger partial charge in [0.2, 0.25) is 15.9 Å². The molecule has 0 radical (unpaired) electrons. The number of hydrogen-bond donors (Lipinski definition) is 1. The molecule has 7 nitrogen and oxygen atoms in total. The Balaban J connectivity index is 1.69. The van der Waals surface area contributed by atoms with Gasteiger partial charge in [0.25, 0.3) is 0 Å². The summed E-state index contributed by atoms with van der Waals surface area (Å²) in [7, 11) is -3.49. The summed E-state index contributed by atoms with van der Waals surface area (Å²) >= 11 is 0. The van der Waals surface area contributed by atoms with Crippen LogP contribution in [0, 0.1) is 0 Å². The quantitative estimate of drug-likeness (QED) is 0.755. The molecule has 1 N–H and O–H groups in total. The smallest absolute Gasteiger partial charge is 0.243 e. The standard InChI is InChI=1S/C19H29N3O4S/c1-3-4-15(2)20-19(23)14-21-8-7-16-13-17(5-6-18(16)21)27(24,25)22-9-11-26-12-10-22/h5-6,13,15H,3-4,7-12,14H2,1-2H3,(H,20,23)/t15-/m1/s1. The van der Waals surface area contributed by atoms with Crippen LogP contribution in [-0.4, -0.2) is 64.1 Å². The van der Waals surface area contributed by atoms with Crippen molar-refractivity contribution in [2.24, 2.45) is 0 Å². The number of hydrogen-bond acceptors (Lipinski definition) is 5. The minimum absolute atomic E-state index is 0.00816. The molecule has 2 aliphatic heterocycles. The van der Waals surface area contributed by atoms with Gasteiger partial charge in [0.15, 0.2) is 0 Å². The lowest BCUT2D eigenvalue weighted by Crippen LogP contribution is -2.40. The van der Waals surface area contributed by atoms with Crippen LogP contribution in [-0.2, 0) is 26.0 Å². The number of nitrogens with one attached hydrogen (secondary N) is 1. The third-order valence-corrected chi connectivity index (χ3v) is 7.01. The van der Waals surface area contributed by atoms with Gasteiger partial charge < -0.3 is 15.0 Å². The van der Waals surface area contributed by atoms with E-state index in [1.807, 2.05) is 17.9 Å². The molecule has 1 aromatic carbocycles. The highest BCUT2D eigenvalue weighted by atomic mass is 32.2. The van der Waals surface area contributed by atoms with Gasteiger partial charge in [-0.1, -0.05) is 13.3 Å². The predicted octanol–water partition coefficient (Wildman–Crippen LogP) is 1.37. The normalized spacial score (nSPS) is 19.0. The zero-order chi connectivity index (χ0) is 19.4. The van der Waals surface area contributed by atoms with Gasteiger partial charge in [0.05, 0.1) is 24.7 Å². The Bertz CT molecular complexity index is 775. The first-order valence-corrected chi connectivity index (χ1v) is 11.1. The maximum atomic E-state index is 12.8. The van der Waals surface area contributed by atoms with E-state index in [9.17, 15) is 13.2 Å². The van der Waals surface area contributed by atoms with Crippen LogP contribution >= 0.6 is 0 Å². The summed E-state index contributed by atoms with van der Waals surface area (Å²) in [6.45, 7) is 6.79. The molecular formula is C19H29N3O4S. The van der Waals surface area contributed by atoms with Gasteiger partial charge in [-0.3, -0.25) is 4.79 Å². The Hall–Kier alpha value is -1.64. The fourth-order valence-electron chi connectivity index (χ4n) is 3.71. The first-order chi connectivity index (χ1) is 12.9. The predicted molar refractivity (Wildman–Crippen MR) is 104 cm³/mol. The van der Waals surface area contributed by atoms with Gasteiger partial charge in [-0.2, -0.15) is 4.31 Å². The van der Waals surface area contributed by atoms with Crippen molar-refractivity contribution in [3.8, 4) is 0 Å². The number of carbonyl (C=O) groups excluding carboxylic acids is 1. The van der Waals surface area contributed by atoms with Crippen LogP contribution in [0.25, 0.3) is 0 Å². The maximum absolute atomic E-state index is 12.8. The average Bonchev–Trinajstić information content (AvgIpc) is 3.04. The molecule has 1 saturated heterocycles. The number of fused-ring (bicyclic) bond motifs is 1. The fraction of sp³-hybridized carbons (Fsp3) is 0.632. The summed E-state index contributed by atoms with van der Waals surface area (Å²) in [6.07, 6.45) is 2.75. The van der Waals surface area contributed by atoms with Crippen molar-refractivity contribution >= 4 is 21.6 Å². The Morgan fingerprint density at radius 1 is 1.26 bits per heavy atom. The van der Waals surface area contributed by atoms with Crippen LogP contribution < -0.4 is 10.2 Å². The molecule has 1 atom stereocenters. The summed E-state index contributed by atoms with van der Waals surface area (Å²) in [5.41, 5.74) is 1.94. The molecule has 0 aliphatic carbocycles. The van der Waals surface area contributed by atoms with Gasteiger partial charge in [-0.05, 0) is 43.5 Å². The molecule has 2 heterocycles. The van der Waals surface area contributed by atoms with Crippen molar-refractivity contribution in [2.75, 3.05) is 44.3 Å². The molecule has 1 aromatic rings. The molecule has 150 valence electrons. The van der Waals surface area contributed by atoms with E-state index in [0.717, 1.165) is 37.1 Å². The maximum Gasteiger partial charge on any atom is 0.243 e. The van der Waals surface area contributed by atoms with Crippen LogP contribution in [0.4, 0.5) is 5.69 Å². The fourth-order valence-corrected chi connectivity index (χ4v) is 5.17. The average molecular weight is 396 g/mol. The van der Waals surface area contributed by atoms with Crippen LogP contribution in [0.15, 0.2) is 23.1 Å². The van der Waals surface area contributed by atoms with E-state index in [1.54, 1.807) is 12.1 Å². The molecule has 0 saturated carbocycles. The van der Waals surface area contributed by atoms with Gasteiger partial charge in [0, 0.05) is 31.4 Å². The molecule has 8 heteroatoms. The summed E-state index contributed by atoms with van der Waals surface area (Å²) in [4.78, 5) is 14.6. The second kappa shape index (κ2) is 8.58. The molecule has 3 rings (SSSR count). The number of nitrogens with zero attached hydrogens (tertiary/aromatic N) is 2. The van der Waals surface area contributed by atoms with Crippen LogP contribution in [0.5, 0.6) is 0 Å². The van der Waals surface area contributed by atoms with Crippen LogP contribution in [0.3, 0.4) is 0 Å². The van der Waals surface area contributed by atoms with Crippen LogP contribution in [0.2, 0.25) is 0 Å². The first kappa shape index (κ1) is 20.1. The lowest BCUT2D eigenvalue weighted by molar-refractivity contribution is -0.120. The Kier molecular flexibility index (Phi) is 6.39. The van der Waals surface area contributed by atoms with E-state index in [2.05, 4.69) is 12.2 Å². The molecule has 27 heavy (non-hydrogen) atoms. The van der Waals surface area contributed by atoms with E-state index in [0.29, 0.717) is 37.7 Å². The minimum Gasteiger partial charge on any atom is -0.379 e. The zero-order valence-corrected chi connectivity index (χ0v) is 16.9. The number of ether oxygens (including phenoxy) is 1. The molecule has 1 amide bonds. The van der Waals surface area contributed by atoms with Gasteiger partial charge in [0.1, 0.15) is 0 Å². The number of sulfonamides is 1. The van der Waals surface area contributed by atoms with Crippen molar-refractivity contribution in [3.63, 3.8) is 0 Å². The van der Waals surface area contributed by atoms with E-state index in [4.69, 9.17) is 4.74 Å². The van der Waals surface area contributed by atoms with E-state index in [-0.39, 0.29) is 11.9 Å². The summed E-state index contributed by atoms with van der Waals surface area (Å²) in [5, 5.41) is 3.02. The Morgan fingerprint density at radius 2 is 2.00 bits per heavy atom. The second-order valence-electron chi connectivity index (χ2n) is 7.24. The first-order valence-electron chi connectivity index (χ1n) is 9.67. The number of amides is 1. The molecular weight excluding hydrogens is 366 g/mol. The van der Waals surface area contributed by atoms with E-state index >= 15 is 0 Å². The summed E-state index contributed by atoms with van der Waals surface area (Å²) < 4.78 is 32.4. The molecule has 2 aliphatic rings. The monoisotopic (exact) mass is 395 g/mol. The number of carbonyl (C=O) groups is 1. The minimum atomic E-state index is -3.49. The topological polar surface area (TPSA) is 79.0 Å². The van der Waals surface area contributed by atoms with Crippen molar-refractivity contribution in [3.05, 3.63) is 23.8 Å². The Labute approximate surface area is 161 Å². The van der Waals surface area contributed by atoms with Gasteiger partial charge in [-0.15, -0.1) is 0 Å². The van der Waals surface area contributed by atoms with Crippen molar-refractivity contribution in [1.82, 2.24) is 9.62 Å². The molecule has 0 aromatic heterocycles. The van der Waals surface area contributed by atoms with E-state index in [1.165, 1.54) is 4.31 Å². The number of morpholine rings is 1. The zero-order valence-electron chi connectivity index (χ0n) is 16.1. The molecule has 0 unspecified atom stereocenters. The second-order valence-corrected chi connectivity index (χ2v) is 9.17. The highest BCUT2D eigenvalue weighted by Gasteiger charge is 2.29. The lowest BCUT2D eigenvalue weighted by Gasteiger charge is -2.26. The van der Waals surface area contributed by atoms with Crippen molar-refractivity contribution in [1.29, 1.82) is 0 Å². The number of benzene rings is 1. The lowest BCUT2D eigenvalue weighted by atomic mass is 10.2. The third kappa shape index (κ3) is 4.62. The highest BCUT2D eigenvalue weighted by Crippen LogP contribution is 2.31. The largest absolute Gasteiger partial charge is 0.379 e. The summed E-state index contributed by atoms with van der Waals surface area (Å²) in [6, 6.07) is 5.42. The Morgan fingerprint density at radius 3 is 2.70 bits per heavy atom. The number of anilines is 1. The van der Waals surface area contributed by atoms with Gasteiger partial charge in [-0.25, -0.2) is 8.42 Å². The molecule has 0 bridgehead atoms. The highest BCUT2D eigenvalue weighted by molar-refractivity contribution is 7.89. The summed E-state index contributed by atoms with van der Waals surface area (Å²) in [5.74, 6) is 0.00816. The van der Waals surface area contributed by atoms with Gasteiger partial charge >= 0.3 is 0 Å². The SMILES string of the molecule is CCC[C@@H](C)NC(=O)CN1CCc2cc(S(=O)(=O)N3CCOCC3)ccc21. The van der Waals surface area contributed by atoms with E-state index < -0.39 is 10.0 Å². The van der Waals surface area contributed by atoms with Crippen LogP contribution in [0.1, 0.15) is 32.3 Å². The number of rotatable bonds is 7.